The second-order valence-electron chi connectivity index (χ2n) is 9.51. The number of carbonyl (C=O) groups is 2. The highest BCUT2D eigenvalue weighted by atomic mass is 35.5. The molecule has 34 heavy (non-hydrogen) atoms. The van der Waals surface area contributed by atoms with E-state index in [0.29, 0.717) is 39.0 Å². The van der Waals surface area contributed by atoms with E-state index in [1.165, 1.54) is 0 Å². The molecule has 1 aromatic carbocycles. The van der Waals surface area contributed by atoms with Crippen molar-refractivity contribution < 1.29 is 19.1 Å². The lowest BCUT2D eigenvalue weighted by atomic mass is 9.90. The number of nitrogens with zero attached hydrogens (tertiary/aromatic N) is 2. The minimum absolute atomic E-state index is 0. The molecule has 1 aromatic rings. The molecule has 3 saturated heterocycles. The summed E-state index contributed by atoms with van der Waals surface area (Å²) in [4.78, 5) is 31.2. The SMILES string of the molecule is Cl.Cl.N[C@H](C(=O)N1C[C@H]2CCCN2C[C@H]1C(=O)N[C@@H]1CCOc2ccccc21)C1CCOCC1. The van der Waals surface area contributed by atoms with Crippen LogP contribution in [0.25, 0.3) is 0 Å². The Kier molecular flexibility index (Phi) is 9.46. The lowest BCUT2D eigenvalue weighted by molar-refractivity contribution is -0.148. The number of carbonyl (C=O) groups excluding carboxylic acids is 2. The van der Waals surface area contributed by atoms with Gasteiger partial charge in [-0.2, -0.15) is 0 Å². The lowest BCUT2D eigenvalue weighted by Gasteiger charge is -2.45. The Labute approximate surface area is 213 Å². The van der Waals surface area contributed by atoms with E-state index in [2.05, 4.69) is 10.2 Å². The van der Waals surface area contributed by atoms with Crippen LogP contribution in [0.3, 0.4) is 0 Å². The Morgan fingerprint density at radius 1 is 1.03 bits per heavy atom. The molecule has 0 bridgehead atoms. The Hall–Kier alpha value is -1.58. The van der Waals surface area contributed by atoms with Crippen molar-refractivity contribution >= 4 is 36.6 Å². The fourth-order valence-electron chi connectivity index (χ4n) is 5.71. The number of nitrogens with two attached hydrogens (primary N) is 1. The van der Waals surface area contributed by atoms with Gasteiger partial charge < -0.3 is 25.4 Å². The number of ether oxygens (including phenoxy) is 2. The van der Waals surface area contributed by atoms with Gasteiger partial charge in [0, 0.05) is 44.3 Å². The molecule has 8 nitrogen and oxygen atoms in total. The molecule has 5 rings (SSSR count). The van der Waals surface area contributed by atoms with E-state index in [0.717, 1.165) is 50.0 Å². The zero-order valence-corrected chi connectivity index (χ0v) is 21.0. The Balaban J connectivity index is 0.00000162. The number of hydrogen-bond donors (Lipinski definition) is 2. The predicted octanol–water partition coefficient (Wildman–Crippen LogP) is 1.90. The number of amides is 2. The molecule has 0 aromatic heterocycles. The first kappa shape index (κ1) is 27.0. The number of fused-ring (bicyclic) bond motifs is 2. The molecule has 190 valence electrons. The van der Waals surface area contributed by atoms with Crippen LogP contribution in [0.4, 0.5) is 0 Å². The molecule has 0 spiro atoms. The number of rotatable bonds is 4. The third kappa shape index (κ3) is 5.46. The number of halogens is 2. The van der Waals surface area contributed by atoms with Gasteiger partial charge in [0.15, 0.2) is 0 Å². The molecule has 4 aliphatic rings. The third-order valence-corrected chi connectivity index (χ3v) is 7.61. The minimum atomic E-state index is -0.578. The van der Waals surface area contributed by atoms with E-state index in [4.69, 9.17) is 15.2 Å². The Morgan fingerprint density at radius 3 is 2.59 bits per heavy atom. The number of piperazine rings is 1. The van der Waals surface area contributed by atoms with Gasteiger partial charge in [-0.25, -0.2) is 0 Å². The minimum Gasteiger partial charge on any atom is -0.493 e. The molecular weight excluding hydrogens is 479 g/mol. The summed E-state index contributed by atoms with van der Waals surface area (Å²) < 4.78 is 11.2. The van der Waals surface area contributed by atoms with Crippen LogP contribution in [0.15, 0.2) is 24.3 Å². The van der Waals surface area contributed by atoms with Gasteiger partial charge in [0.25, 0.3) is 0 Å². The third-order valence-electron chi connectivity index (χ3n) is 7.61. The molecule has 0 radical (unpaired) electrons. The Bertz CT molecular complexity index is 854. The van der Waals surface area contributed by atoms with Crippen molar-refractivity contribution in [2.24, 2.45) is 11.7 Å². The van der Waals surface area contributed by atoms with Crippen LogP contribution in [0.2, 0.25) is 0 Å². The van der Waals surface area contributed by atoms with Crippen molar-refractivity contribution in [2.45, 2.75) is 56.3 Å². The highest BCUT2D eigenvalue weighted by molar-refractivity contribution is 5.90. The van der Waals surface area contributed by atoms with Gasteiger partial charge in [-0.05, 0) is 44.2 Å². The topological polar surface area (TPSA) is 97.1 Å². The van der Waals surface area contributed by atoms with E-state index < -0.39 is 12.1 Å². The van der Waals surface area contributed by atoms with E-state index in [-0.39, 0.29) is 48.6 Å². The average molecular weight is 515 g/mol. The second kappa shape index (κ2) is 11.9. The molecule has 0 unspecified atom stereocenters. The zero-order chi connectivity index (χ0) is 22.1. The van der Waals surface area contributed by atoms with Crippen molar-refractivity contribution in [3.05, 3.63) is 29.8 Å². The van der Waals surface area contributed by atoms with Crippen molar-refractivity contribution in [1.29, 1.82) is 0 Å². The first-order valence-electron chi connectivity index (χ1n) is 12.0. The van der Waals surface area contributed by atoms with Crippen molar-refractivity contribution in [2.75, 3.05) is 39.5 Å². The molecule has 4 atom stereocenters. The largest absolute Gasteiger partial charge is 0.493 e. The smallest absolute Gasteiger partial charge is 0.244 e. The van der Waals surface area contributed by atoms with Crippen LogP contribution in [-0.2, 0) is 14.3 Å². The molecule has 4 aliphatic heterocycles. The van der Waals surface area contributed by atoms with Crippen LogP contribution >= 0.6 is 24.8 Å². The van der Waals surface area contributed by atoms with Gasteiger partial charge in [-0.3, -0.25) is 14.5 Å². The maximum Gasteiger partial charge on any atom is 0.244 e. The van der Waals surface area contributed by atoms with Crippen LogP contribution < -0.4 is 15.8 Å². The van der Waals surface area contributed by atoms with Crippen LogP contribution in [0, 0.1) is 5.92 Å². The van der Waals surface area contributed by atoms with Crippen LogP contribution in [0.1, 0.15) is 43.7 Å². The molecule has 0 saturated carbocycles. The van der Waals surface area contributed by atoms with Crippen LogP contribution in [0.5, 0.6) is 5.75 Å². The average Bonchev–Trinajstić information content (AvgIpc) is 3.31. The van der Waals surface area contributed by atoms with Crippen LogP contribution in [-0.4, -0.2) is 79.2 Å². The molecular formula is C24H36Cl2N4O4. The van der Waals surface area contributed by atoms with Crippen molar-refractivity contribution in [3.8, 4) is 5.75 Å². The molecule has 2 amide bonds. The second-order valence-corrected chi connectivity index (χ2v) is 9.51. The molecule has 3 fully saturated rings. The number of benzene rings is 1. The quantitative estimate of drug-likeness (QED) is 0.636. The fourth-order valence-corrected chi connectivity index (χ4v) is 5.71. The maximum absolute atomic E-state index is 13.5. The molecule has 10 heteroatoms. The highest BCUT2D eigenvalue weighted by Crippen LogP contribution is 2.32. The van der Waals surface area contributed by atoms with Gasteiger partial charge in [0.2, 0.25) is 11.8 Å². The summed E-state index contributed by atoms with van der Waals surface area (Å²) in [7, 11) is 0. The number of nitrogens with one attached hydrogen (secondary N) is 1. The van der Waals surface area contributed by atoms with Gasteiger partial charge in [0.05, 0.1) is 18.7 Å². The summed E-state index contributed by atoms with van der Waals surface area (Å²) in [6.45, 7) is 4.01. The number of hydrogen-bond acceptors (Lipinski definition) is 6. The van der Waals surface area contributed by atoms with Gasteiger partial charge >= 0.3 is 0 Å². The van der Waals surface area contributed by atoms with Gasteiger partial charge in [-0.1, -0.05) is 18.2 Å². The van der Waals surface area contributed by atoms with E-state index in [1.807, 2.05) is 24.3 Å². The molecule has 0 aliphatic carbocycles. The fraction of sp³-hybridized carbons (Fsp3) is 0.667. The zero-order valence-electron chi connectivity index (χ0n) is 19.4. The van der Waals surface area contributed by atoms with Gasteiger partial charge in [-0.15, -0.1) is 24.8 Å². The first-order chi connectivity index (χ1) is 15.6. The maximum atomic E-state index is 13.5. The summed E-state index contributed by atoms with van der Waals surface area (Å²) in [5, 5.41) is 3.23. The predicted molar refractivity (Wildman–Crippen MR) is 134 cm³/mol. The van der Waals surface area contributed by atoms with E-state index in [1.54, 1.807) is 4.90 Å². The monoisotopic (exact) mass is 514 g/mol. The summed E-state index contributed by atoms with van der Waals surface area (Å²) in [5.74, 6) is 0.756. The van der Waals surface area contributed by atoms with Gasteiger partial charge in [0.1, 0.15) is 11.8 Å². The Morgan fingerprint density at radius 2 is 1.79 bits per heavy atom. The normalized spacial score (nSPS) is 27.8. The summed E-state index contributed by atoms with van der Waals surface area (Å²) >= 11 is 0. The number of para-hydroxylation sites is 1. The molecule has 4 heterocycles. The summed E-state index contributed by atoms with van der Waals surface area (Å²) in [5.41, 5.74) is 7.46. The summed E-state index contributed by atoms with van der Waals surface area (Å²) in [6, 6.07) is 6.97. The van der Waals surface area contributed by atoms with Crippen molar-refractivity contribution in [3.63, 3.8) is 0 Å². The standard InChI is InChI=1S/C24H34N4O4.2ClH/c25-22(16-7-11-31-12-8-16)24(30)28-14-17-4-3-10-27(17)15-20(28)23(29)26-19-9-13-32-21-6-2-1-5-18(19)21;;/h1-2,5-6,16-17,19-20,22H,3-4,7-15,25H2,(H,26,29);2*1H/t17-,19-,20+,22+;;/m1../s1. The highest BCUT2D eigenvalue weighted by Gasteiger charge is 2.44. The van der Waals surface area contributed by atoms with Crippen molar-refractivity contribution in [1.82, 2.24) is 15.1 Å². The van der Waals surface area contributed by atoms with E-state index in [9.17, 15) is 9.59 Å². The van der Waals surface area contributed by atoms with E-state index >= 15 is 0 Å². The lowest BCUT2D eigenvalue weighted by Crippen LogP contribution is -2.65. The molecule has 3 N–H and O–H groups in total. The first-order valence-corrected chi connectivity index (χ1v) is 12.0. The summed E-state index contributed by atoms with van der Waals surface area (Å²) in [6.07, 6.45) is 4.49.